The van der Waals surface area contributed by atoms with Crippen molar-refractivity contribution in [2.45, 2.75) is 32.1 Å². The van der Waals surface area contributed by atoms with Gasteiger partial charge in [-0.2, -0.15) is 0 Å². The third-order valence-corrected chi connectivity index (χ3v) is 5.28. The molecule has 23 heavy (non-hydrogen) atoms. The molecule has 1 amide bonds. The number of hydrogen-bond acceptors (Lipinski definition) is 3. The van der Waals surface area contributed by atoms with E-state index in [1.54, 1.807) is 12.1 Å². The van der Waals surface area contributed by atoms with Crippen molar-refractivity contribution in [3.05, 3.63) is 40.5 Å². The molecule has 0 bridgehead atoms. The van der Waals surface area contributed by atoms with Crippen LogP contribution in [0.1, 0.15) is 41.8 Å². The molecule has 0 saturated carbocycles. The summed E-state index contributed by atoms with van der Waals surface area (Å²) >= 11 is 1.27. The van der Waals surface area contributed by atoms with Gasteiger partial charge in [-0.25, -0.2) is 4.39 Å². The van der Waals surface area contributed by atoms with Crippen LogP contribution in [0.15, 0.2) is 29.8 Å². The smallest absolute Gasteiger partial charge is 0.265 e. The summed E-state index contributed by atoms with van der Waals surface area (Å²) in [4.78, 5) is 12.9. The maximum atomic E-state index is 14.0. The summed E-state index contributed by atoms with van der Waals surface area (Å²) in [6.07, 6.45) is 7.95. The molecule has 1 aromatic carbocycles. The highest BCUT2D eigenvalue weighted by Gasteiger charge is 2.21. The Kier molecular flexibility index (Phi) is 4.96. The highest BCUT2D eigenvalue weighted by atomic mass is 32.1. The number of allylic oxidation sites excluding steroid dienone is 1. The van der Waals surface area contributed by atoms with Gasteiger partial charge in [-0.15, -0.1) is 11.3 Å². The molecule has 122 valence electrons. The molecule has 0 aliphatic heterocycles. The average molecular weight is 333 g/mol. The average Bonchev–Trinajstić information content (AvgIpc) is 2.96. The van der Waals surface area contributed by atoms with Crippen LogP contribution in [-0.2, 0) is 0 Å². The SMILES string of the molecule is COc1c(C(=O)NCCC2=CCCCC2)sc2cccc(F)c12. The van der Waals surface area contributed by atoms with Gasteiger partial charge in [0.05, 0.1) is 12.5 Å². The zero-order chi connectivity index (χ0) is 16.2. The molecule has 1 heterocycles. The van der Waals surface area contributed by atoms with Crippen molar-refractivity contribution in [2.75, 3.05) is 13.7 Å². The van der Waals surface area contributed by atoms with Crippen molar-refractivity contribution < 1.29 is 13.9 Å². The number of rotatable bonds is 5. The monoisotopic (exact) mass is 333 g/mol. The lowest BCUT2D eigenvalue weighted by Crippen LogP contribution is -2.24. The topological polar surface area (TPSA) is 38.3 Å². The van der Waals surface area contributed by atoms with Crippen molar-refractivity contribution in [1.29, 1.82) is 0 Å². The van der Waals surface area contributed by atoms with Gasteiger partial charge in [-0.05, 0) is 44.2 Å². The van der Waals surface area contributed by atoms with Crippen LogP contribution in [0.5, 0.6) is 5.75 Å². The summed E-state index contributed by atoms with van der Waals surface area (Å²) in [5, 5.41) is 3.32. The predicted molar refractivity (Wildman–Crippen MR) is 91.8 cm³/mol. The zero-order valence-electron chi connectivity index (χ0n) is 13.2. The van der Waals surface area contributed by atoms with E-state index in [1.807, 2.05) is 0 Å². The van der Waals surface area contributed by atoms with Crippen LogP contribution in [0.2, 0.25) is 0 Å². The molecule has 1 aliphatic rings. The van der Waals surface area contributed by atoms with Crippen molar-refractivity contribution in [3.63, 3.8) is 0 Å². The van der Waals surface area contributed by atoms with E-state index in [2.05, 4.69) is 11.4 Å². The van der Waals surface area contributed by atoms with Gasteiger partial charge in [0.25, 0.3) is 5.91 Å². The highest BCUT2D eigenvalue weighted by Crippen LogP contribution is 2.39. The lowest BCUT2D eigenvalue weighted by molar-refractivity contribution is 0.0955. The first kappa shape index (κ1) is 16.0. The Hall–Kier alpha value is -1.88. The molecule has 3 nitrogen and oxygen atoms in total. The quantitative estimate of drug-likeness (QED) is 0.808. The summed E-state index contributed by atoms with van der Waals surface area (Å²) in [5.41, 5.74) is 1.42. The number of carbonyl (C=O) groups is 1. The zero-order valence-corrected chi connectivity index (χ0v) is 14.0. The second kappa shape index (κ2) is 7.13. The minimum Gasteiger partial charge on any atom is -0.494 e. The first-order valence-corrected chi connectivity index (χ1v) is 8.73. The molecule has 2 aromatic rings. The number of ether oxygens (including phenoxy) is 1. The largest absolute Gasteiger partial charge is 0.494 e. The molecule has 0 fully saturated rings. The van der Waals surface area contributed by atoms with E-state index >= 15 is 0 Å². The van der Waals surface area contributed by atoms with Crippen LogP contribution in [0.3, 0.4) is 0 Å². The van der Waals surface area contributed by atoms with Crippen LogP contribution in [0, 0.1) is 5.82 Å². The Morgan fingerprint density at radius 3 is 3.00 bits per heavy atom. The number of hydrogen-bond donors (Lipinski definition) is 1. The van der Waals surface area contributed by atoms with E-state index in [0.717, 1.165) is 24.0 Å². The van der Waals surface area contributed by atoms with Gasteiger partial charge in [0.15, 0.2) is 5.75 Å². The van der Waals surface area contributed by atoms with E-state index in [9.17, 15) is 9.18 Å². The van der Waals surface area contributed by atoms with Crippen molar-refractivity contribution in [3.8, 4) is 5.75 Å². The number of carbonyl (C=O) groups excluding carboxylic acids is 1. The predicted octanol–water partition coefficient (Wildman–Crippen LogP) is 4.67. The van der Waals surface area contributed by atoms with Crippen molar-refractivity contribution in [2.24, 2.45) is 0 Å². The summed E-state index contributed by atoms with van der Waals surface area (Å²) in [7, 11) is 1.47. The minimum absolute atomic E-state index is 0.196. The molecule has 1 aromatic heterocycles. The molecule has 3 rings (SSSR count). The van der Waals surface area contributed by atoms with Gasteiger partial charge in [-0.1, -0.05) is 17.7 Å². The van der Waals surface area contributed by atoms with Crippen LogP contribution in [0.4, 0.5) is 4.39 Å². The normalized spacial score (nSPS) is 14.6. The van der Waals surface area contributed by atoms with Crippen molar-refractivity contribution >= 4 is 27.3 Å². The van der Waals surface area contributed by atoms with Crippen LogP contribution in [-0.4, -0.2) is 19.6 Å². The van der Waals surface area contributed by atoms with E-state index in [-0.39, 0.29) is 11.7 Å². The van der Waals surface area contributed by atoms with Gasteiger partial charge in [-0.3, -0.25) is 4.79 Å². The maximum Gasteiger partial charge on any atom is 0.265 e. The Labute approximate surface area is 139 Å². The van der Waals surface area contributed by atoms with Crippen molar-refractivity contribution in [1.82, 2.24) is 5.32 Å². The van der Waals surface area contributed by atoms with Gasteiger partial charge >= 0.3 is 0 Å². The number of amides is 1. The summed E-state index contributed by atoms with van der Waals surface area (Å²) in [5.74, 6) is -0.224. The summed E-state index contributed by atoms with van der Waals surface area (Å²) < 4.78 is 20.0. The number of fused-ring (bicyclic) bond motifs is 1. The number of nitrogens with one attached hydrogen (secondary N) is 1. The third kappa shape index (κ3) is 3.39. The lowest BCUT2D eigenvalue weighted by Gasteiger charge is -2.12. The summed E-state index contributed by atoms with van der Waals surface area (Å²) in [6, 6.07) is 4.83. The van der Waals surface area contributed by atoms with Crippen LogP contribution < -0.4 is 10.1 Å². The van der Waals surface area contributed by atoms with Gasteiger partial charge in [0.1, 0.15) is 10.7 Å². The number of methoxy groups -OCH3 is 1. The van der Waals surface area contributed by atoms with Gasteiger partial charge < -0.3 is 10.1 Å². The fourth-order valence-electron chi connectivity index (χ4n) is 2.97. The van der Waals surface area contributed by atoms with Crippen LogP contribution >= 0.6 is 11.3 Å². The molecule has 0 atom stereocenters. The Bertz CT molecular complexity index is 751. The van der Waals surface area contributed by atoms with E-state index < -0.39 is 0 Å². The van der Waals surface area contributed by atoms with E-state index in [4.69, 9.17) is 4.74 Å². The first-order chi connectivity index (χ1) is 11.2. The standard InChI is InChI=1S/C18H20FNO2S/c1-22-16-15-13(19)8-5-9-14(15)23-17(16)18(21)20-11-10-12-6-3-2-4-7-12/h5-6,8-9H,2-4,7,10-11H2,1H3,(H,20,21). The van der Waals surface area contributed by atoms with Crippen LogP contribution in [0.25, 0.3) is 10.1 Å². The number of benzene rings is 1. The fourth-order valence-corrected chi connectivity index (χ4v) is 4.07. The molecule has 1 N–H and O–H groups in total. The maximum absolute atomic E-state index is 14.0. The summed E-state index contributed by atoms with van der Waals surface area (Å²) in [6.45, 7) is 0.602. The molecule has 0 saturated heterocycles. The van der Waals surface area contributed by atoms with E-state index in [1.165, 1.54) is 42.9 Å². The second-order valence-electron chi connectivity index (χ2n) is 5.69. The molecule has 1 aliphatic carbocycles. The Morgan fingerprint density at radius 2 is 2.26 bits per heavy atom. The molecular weight excluding hydrogens is 313 g/mol. The highest BCUT2D eigenvalue weighted by molar-refractivity contribution is 7.21. The molecule has 0 spiro atoms. The molecule has 5 heteroatoms. The number of halogens is 1. The second-order valence-corrected chi connectivity index (χ2v) is 6.74. The Balaban J connectivity index is 1.73. The Morgan fingerprint density at radius 1 is 1.39 bits per heavy atom. The molecular formula is C18H20FNO2S. The first-order valence-electron chi connectivity index (χ1n) is 7.92. The van der Waals surface area contributed by atoms with Gasteiger partial charge in [0.2, 0.25) is 0 Å². The van der Waals surface area contributed by atoms with Gasteiger partial charge in [0, 0.05) is 11.2 Å². The molecule has 0 radical (unpaired) electrons. The molecule has 0 unspecified atom stereocenters. The fraction of sp³-hybridized carbons (Fsp3) is 0.389. The number of thiophene rings is 1. The van der Waals surface area contributed by atoms with E-state index in [0.29, 0.717) is 22.6 Å². The minimum atomic E-state index is -0.359. The third-order valence-electron chi connectivity index (χ3n) is 4.15. The lowest BCUT2D eigenvalue weighted by atomic mass is 9.97.